The maximum absolute atomic E-state index is 12.0. The summed E-state index contributed by atoms with van der Waals surface area (Å²) in [7, 11) is 1.52. The zero-order valence-corrected chi connectivity index (χ0v) is 14.5. The zero-order chi connectivity index (χ0) is 18.4. The molecule has 1 aromatic heterocycles. The molecule has 1 heterocycles. The number of nitrogens with one attached hydrogen (secondary N) is 2. The molecule has 9 heteroatoms. The number of rotatable bonds is 6. The topological polar surface area (TPSA) is 111 Å². The predicted molar refractivity (Wildman–Crippen MR) is 93.5 cm³/mol. The van der Waals surface area contributed by atoms with Gasteiger partial charge in [0.2, 0.25) is 0 Å². The van der Waals surface area contributed by atoms with Gasteiger partial charge in [-0.2, -0.15) is 11.3 Å². The Hall–Kier alpha value is -2.78. The van der Waals surface area contributed by atoms with E-state index in [1.807, 2.05) is 16.8 Å². The summed E-state index contributed by atoms with van der Waals surface area (Å²) in [4.78, 5) is 34.1. The lowest BCUT2D eigenvalue weighted by molar-refractivity contribution is -0.384. The number of ether oxygens (including phenoxy) is 1. The molecule has 132 valence electrons. The summed E-state index contributed by atoms with van der Waals surface area (Å²) in [6, 6.07) is 5.86. The first-order valence-electron chi connectivity index (χ1n) is 7.31. The molecule has 1 unspecified atom stereocenters. The van der Waals surface area contributed by atoms with Crippen molar-refractivity contribution in [3.63, 3.8) is 0 Å². The molecule has 0 saturated heterocycles. The molecule has 0 aliphatic rings. The number of amides is 2. The van der Waals surface area contributed by atoms with E-state index in [0.29, 0.717) is 11.3 Å². The van der Waals surface area contributed by atoms with Crippen LogP contribution in [-0.2, 0) is 14.3 Å². The molecule has 2 N–H and O–H groups in total. The second-order valence-electron chi connectivity index (χ2n) is 5.20. The van der Waals surface area contributed by atoms with Gasteiger partial charge >= 0.3 is 11.8 Å². The molecule has 1 atom stereocenters. The van der Waals surface area contributed by atoms with Gasteiger partial charge in [-0.3, -0.25) is 19.7 Å². The number of anilines is 1. The van der Waals surface area contributed by atoms with E-state index in [0.717, 1.165) is 5.56 Å². The molecule has 25 heavy (non-hydrogen) atoms. The van der Waals surface area contributed by atoms with Gasteiger partial charge in [-0.1, -0.05) is 0 Å². The minimum absolute atomic E-state index is 0.0846. The van der Waals surface area contributed by atoms with Crippen molar-refractivity contribution >= 4 is 34.5 Å². The maximum atomic E-state index is 12.0. The van der Waals surface area contributed by atoms with Crippen LogP contribution in [0.3, 0.4) is 0 Å². The highest BCUT2D eigenvalue weighted by Gasteiger charge is 2.18. The number of nitro groups is 1. The number of nitrogens with zero attached hydrogens (tertiary/aromatic N) is 1. The zero-order valence-electron chi connectivity index (χ0n) is 13.6. The molecule has 0 aliphatic heterocycles. The van der Waals surface area contributed by atoms with Crippen molar-refractivity contribution in [2.45, 2.75) is 13.0 Å². The van der Waals surface area contributed by atoms with Crippen LogP contribution in [0.2, 0.25) is 0 Å². The van der Waals surface area contributed by atoms with Crippen LogP contribution in [-0.4, -0.2) is 30.4 Å². The fourth-order valence-electron chi connectivity index (χ4n) is 2.14. The van der Waals surface area contributed by atoms with E-state index in [1.54, 1.807) is 6.92 Å². The Morgan fingerprint density at radius 1 is 1.32 bits per heavy atom. The molecule has 0 aliphatic carbocycles. The van der Waals surface area contributed by atoms with Gasteiger partial charge in [0.15, 0.2) is 0 Å². The van der Waals surface area contributed by atoms with Gasteiger partial charge in [0, 0.05) is 31.5 Å². The molecule has 2 amide bonds. The van der Waals surface area contributed by atoms with Crippen molar-refractivity contribution < 1.29 is 19.2 Å². The van der Waals surface area contributed by atoms with Crippen molar-refractivity contribution in [2.75, 3.05) is 19.0 Å². The first-order valence-corrected chi connectivity index (χ1v) is 8.25. The second-order valence-corrected chi connectivity index (χ2v) is 5.98. The van der Waals surface area contributed by atoms with Crippen molar-refractivity contribution in [2.24, 2.45) is 0 Å². The van der Waals surface area contributed by atoms with E-state index < -0.39 is 16.7 Å². The normalized spacial score (nSPS) is 11.6. The lowest BCUT2D eigenvalue weighted by atomic mass is 10.1. The smallest absolute Gasteiger partial charge is 0.313 e. The highest BCUT2D eigenvalue weighted by molar-refractivity contribution is 7.07. The Kier molecular flexibility index (Phi) is 6.20. The number of thiophene rings is 1. The Morgan fingerprint density at radius 3 is 2.64 bits per heavy atom. The number of hydrogen-bond donors (Lipinski definition) is 2. The lowest BCUT2D eigenvalue weighted by Crippen LogP contribution is -2.38. The van der Waals surface area contributed by atoms with Gasteiger partial charge in [0.25, 0.3) is 5.69 Å². The van der Waals surface area contributed by atoms with Crippen LogP contribution in [0.25, 0.3) is 0 Å². The molecular weight excluding hydrogens is 346 g/mol. The van der Waals surface area contributed by atoms with Crippen LogP contribution in [0.4, 0.5) is 11.4 Å². The quantitative estimate of drug-likeness (QED) is 0.465. The van der Waals surface area contributed by atoms with E-state index in [4.69, 9.17) is 4.74 Å². The van der Waals surface area contributed by atoms with Crippen molar-refractivity contribution in [3.8, 4) is 0 Å². The maximum Gasteiger partial charge on any atom is 0.313 e. The Labute approximate surface area is 148 Å². The summed E-state index contributed by atoms with van der Waals surface area (Å²) in [6.07, 6.45) is -0.343. The summed E-state index contributed by atoms with van der Waals surface area (Å²) in [5.41, 5.74) is 1.66. The monoisotopic (exact) mass is 363 g/mol. The second kappa shape index (κ2) is 8.36. The molecule has 2 aromatic rings. The van der Waals surface area contributed by atoms with Gasteiger partial charge in [-0.15, -0.1) is 0 Å². The standard InChI is InChI=1S/C16H17N3O5S/c1-10-7-12(19(22)23)3-4-13(10)18-16(21)15(20)17-8-14(24-2)11-5-6-25-9-11/h3-7,9,14H,8H2,1-2H3,(H,17,20)(H,18,21). The average Bonchev–Trinajstić information content (AvgIpc) is 3.11. The molecular formula is C16H17N3O5S. The predicted octanol–water partition coefficient (Wildman–Crippen LogP) is 2.41. The molecule has 0 saturated carbocycles. The van der Waals surface area contributed by atoms with E-state index in [9.17, 15) is 19.7 Å². The fourth-order valence-corrected chi connectivity index (χ4v) is 2.84. The Bertz CT molecular complexity index is 776. The van der Waals surface area contributed by atoms with E-state index in [1.165, 1.54) is 36.6 Å². The number of non-ortho nitro benzene ring substituents is 1. The molecule has 0 fully saturated rings. The SMILES string of the molecule is COC(CNC(=O)C(=O)Nc1ccc([N+](=O)[O-])cc1C)c1ccsc1. The Morgan fingerprint density at radius 2 is 2.08 bits per heavy atom. The minimum atomic E-state index is -0.850. The third-order valence-corrected chi connectivity index (χ3v) is 4.22. The average molecular weight is 363 g/mol. The molecule has 8 nitrogen and oxygen atoms in total. The number of carbonyl (C=O) groups excluding carboxylic acids is 2. The van der Waals surface area contributed by atoms with Gasteiger partial charge in [0.05, 0.1) is 4.92 Å². The highest BCUT2D eigenvalue weighted by Crippen LogP contribution is 2.21. The summed E-state index contributed by atoms with van der Waals surface area (Å²) in [6.45, 7) is 1.76. The van der Waals surface area contributed by atoms with Gasteiger partial charge in [-0.25, -0.2) is 0 Å². The van der Waals surface area contributed by atoms with Gasteiger partial charge in [0.1, 0.15) is 6.10 Å². The van der Waals surface area contributed by atoms with Crippen LogP contribution in [0.1, 0.15) is 17.2 Å². The fraction of sp³-hybridized carbons (Fsp3) is 0.250. The largest absolute Gasteiger partial charge is 0.375 e. The van der Waals surface area contributed by atoms with Crippen molar-refractivity contribution in [1.29, 1.82) is 0 Å². The van der Waals surface area contributed by atoms with Crippen LogP contribution in [0, 0.1) is 17.0 Å². The van der Waals surface area contributed by atoms with Crippen LogP contribution in [0.15, 0.2) is 35.0 Å². The van der Waals surface area contributed by atoms with E-state index in [-0.39, 0.29) is 18.3 Å². The van der Waals surface area contributed by atoms with Gasteiger partial charge < -0.3 is 15.4 Å². The highest BCUT2D eigenvalue weighted by atomic mass is 32.1. The van der Waals surface area contributed by atoms with Crippen molar-refractivity contribution in [1.82, 2.24) is 5.32 Å². The summed E-state index contributed by atoms with van der Waals surface area (Å²) < 4.78 is 5.29. The van der Waals surface area contributed by atoms with Crippen LogP contribution in [0.5, 0.6) is 0 Å². The number of nitro benzene ring substituents is 1. The minimum Gasteiger partial charge on any atom is -0.375 e. The van der Waals surface area contributed by atoms with Gasteiger partial charge in [-0.05, 0) is 40.9 Å². The van der Waals surface area contributed by atoms with E-state index >= 15 is 0 Å². The van der Waals surface area contributed by atoms with Crippen molar-refractivity contribution in [3.05, 3.63) is 56.3 Å². The lowest BCUT2D eigenvalue weighted by Gasteiger charge is -2.15. The van der Waals surface area contributed by atoms with E-state index in [2.05, 4.69) is 10.6 Å². The number of benzene rings is 1. The molecule has 0 spiro atoms. The number of carbonyl (C=O) groups is 2. The molecule has 1 aromatic carbocycles. The summed E-state index contributed by atoms with van der Waals surface area (Å²) >= 11 is 1.51. The third kappa shape index (κ3) is 4.85. The van der Waals surface area contributed by atoms with Crippen LogP contribution < -0.4 is 10.6 Å². The summed E-state index contributed by atoms with van der Waals surface area (Å²) in [5.74, 6) is -1.66. The molecule has 0 radical (unpaired) electrons. The van der Waals surface area contributed by atoms with Crippen LogP contribution >= 0.6 is 11.3 Å². The third-order valence-electron chi connectivity index (χ3n) is 3.52. The number of hydrogen-bond acceptors (Lipinski definition) is 6. The molecule has 0 bridgehead atoms. The first-order chi connectivity index (χ1) is 11.9. The number of methoxy groups -OCH3 is 1. The summed E-state index contributed by atoms with van der Waals surface area (Å²) in [5, 5.41) is 19.5. The Balaban J connectivity index is 1.94. The number of aryl methyl sites for hydroxylation is 1. The first kappa shape index (κ1) is 18.6. The molecule has 2 rings (SSSR count).